The van der Waals surface area contributed by atoms with E-state index in [0.717, 1.165) is 53.5 Å². The van der Waals surface area contributed by atoms with E-state index in [0.29, 0.717) is 18.9 Å². The molecular weight excluding hydrogens is 466 g/mol. The molecule has 0 bridgehead atoms. The summed E-state index contributed by atoms with van der Waals surface area (Å²) in [5.41, 5.74) is 14.1. The fraction of sp³-hybridized carbons (Fsp3) is 0.379. The van der Waals surface area contributed by atoms with Gasteiger partial charge in [-0.3, -0.25) is 14.7 Å². The summed E-state index contributed by atoms with van der Waals surface area (Å²) in [7, 11) is 1.76. The molecule has 4 rings (SSSR count). The normalized spacial score (nSPS) is 14.3. The van der Waals surface area contributed by atoms with E-state index in [-0.39, 0.29) is 18.3 Å². The largest absolute Gasteiger partial charge is 0.490 e. The molecule has 1 aromatic heterocycles. The average Bonchev–Trinajstić information content (AvgIpc) is 3.07. The minimum Gasteiger partial charge on any atom is -0.490 e. The van der Waals surface area contributed by atoms with Gasteiger partial charge < -0.3 is 20.2 Å². The highest BCUT2D eigenvalue weighted by Gasteiger charge is 2.24. The van der Waals surface area contributed by atoms with Crippen molar-refractivity contribution in [2.75, 3.05) is 37.5 Å². The van der Waals surface area contributed by atoms with Crippen molar-refractivity contribution in [1.82, 2.24) is 9.88 Å². The molecule has 0 amide bonds. The van der Waals surface area contributed by atoms with Crippen molar-refractivity contribution < 1.29 is 14.3 Å². The molecule has 0 spiro atoms. The Morgan fingerprint density at radius 1 is 1.24 bits per heavy atom. The molecule has 0 saturated heterocycles. The number of hydrogen-bond acceptors (Lipinski definition) is 8. The summed E-state index contributed by atoms with van der Waals surface area (Å²) in [5, 5.41) is 1.51. The van der Waals surface area contributed by atoms with Gasteiger partial charge in [-0.1, -0.05) is 24.3 Å². The molecule has 0 saturated carbocycles. The smallest absolute Gasteiger partial charge is 0.306 e. The lowest BCUT2D eigenvalue weighted by molar-refractivity contribution is -0.143. The van der Waals surface area contributed by atoms with Gasteiger partial charge in [-0.25, -0.2) is 5.84 Å². The fourth-order valence-electron chi connectivity index (χ4n) is 4.91. The van der Waals surface area contributed by atoms with E-state index in [4.69, 9.17) is 21.1 Å². The van der Waals surface area contributed by atoms with Gasteiger partial charge in [-0.05, 0) is 66.8 Å². The maximum Gasteiger partial charge on any atom is 0.306 e. The van der Waals surface area contributed by atoms with Gasteiger partial charge in [0.15, 0.2) is 0 Å². The Hall–Kier alpha value is -3.62. The maximum absolute atomic E-state index is 12.7. The predicted octanol–water partition coefficient (Wildman–Crippen LogP) is 4.07. The zero-order valence-electron chi connectivity index (χ0n) is 22.2. The molecule has 37 heavy (non-hydrogen) atoms. The van der Waals surface area contributed by atoms with Gasteiger partial charge in [0.2, 0.25) is 0 Å². The summed E-state index contributed by atoms with van der Waals surface area (Å²) in [5.74, 6) is 6.38. The van der Waals surface area contributed by atoms with E-state index in [1.807, 2.05) is 38.1 Å². The predicted molar refractivity (Wildman–Crippen MR) is 146 cm³/mol. The van der Waals surface area contributed by atoms with Crippen molar-refractivity contribution in [2.45, 2.75) is 46.2 Å². The molecule has 1 atom stereocenters. The third-order valence-corrected chi connectivity index (χ3v) is 7.02. The first-order valence-electron chi connectivity index (χ1n) is 12.7. The lowest BCUT2D eigenvalue weighted by atomic mass is 9.84. The van der Waals surface area contributed by atoms with Crippen LogP contribution in [0.4, 0.5) is 11.4 Å². The second-order valence-electron chi connectivity index (χ2n) is 9.58. The van der Waals surface area contributed by atoms with Crippen molar-refractivity contribution in [3.05, 3.63) is 82.2 Å². The minimum absolute atomic E-state index is 0.201. The molecule has 0 fully saturated rings. The number of benzene rings is 2. The third kappa shape index (κ3) is 6.03. The number of carbonyl (C=O) groups excluding carboxylic acids is 1. The topological polar surface area (TPSA) is 107 Å². The molecule has 1 aliphatic heterocycles. The van der Waals surface area contributed by atoms with Gasteiger partial charge in [-0.2, -0.15) is 0 Å². The third-order valence-electron chi connectivity index (χ3n) is 7.02. The number of nitrogens with two attached hydrogens (primary N) is 2. The summed E-state index contributed by atoms with van der Waals surface area (Å²) in [6.45, 7) is 9.15. The van der Waals surface area contributed by atoms with Gasteiger partial charge in [0.1, 0.15) is 12.4 Å². The van der Waals surface area contributed by atoms with Crippen LogP contribution in [-0.4, -0.2) is 42.7 Å². The molecule has 2 aromatic carbocycles. The Kier molecular flexibility index (Phi) is 8.31. The Morgan fingerprint density at radius 3 is 2.81 bits per heavy atom. The highest BCUT2D eigenvalue weighted by atomic mass is 16.5. The van der Waals surface area contributed by atoms with Crippen molar-refractivity contribution in [3.8, 4) is 5.75 Å². The zero-order chi connectivity index (χ0) is 26.5. The number of aryl methyl sites for hydroxylation is 1. The molecule has 2 heterocycles. The number of hydrazine groups is 1. The number of rotatable bonds is 8. The van der Waals surface area contributed by atoms with Crippen LogP contribution in [0, 0.1) is 13.8 Å². The Bertz CT molecular complexity index is 1260. The molecule has 0 radical (unpaired) electrons. The first-order chi connectivity index (χ1) is 17.8. The van der Waals surface area contributed by atoms with Crippen LogP contribution in [0.1, 0.15) is 52.8 Å². The van der Waals surface area contributed by atoms with E-state index in [1.54, 1.807) is 13.2 Å². The van der Waals surface area contributed by atoms with Crippen molar-refractivity contribution in [3.63, 3.8) is 0 Å². The van der Waals surface area contributed by atoms with E-state index >= 15 is 0 Å². The molecule has 8 nitrogen and oxygen atoms in total. The number of pyridine rings is 1. The average molecular weight is 504 g/mol. The summed E-state index contributed by atoms with van der Waals surface area (Å²) in [6.07, 6.45) is 2.03. The first kappa shape index (κ1) is 26.4. The van der Waals surface area contributed by atoms with Crippen LogP contribution < -0.4 is 21.3 Å². The number of ether oxygens (including phenoxy) is 2. The Balaban J connectivity index is 1.68. The molecule has 3 aromatic rings. The highest BCUT2D eigenvalue weighted by molar-refractivity contribution is 5.75. The van der Waals surface area contributed by atoms with Crippen LogP contribution >= 0.6 is 0 Å². The molecule has 0 aliphatic carbocycles. The number of fused-ring (bicyclic) bond motifs is 1. The van der Waals surface area contributed by atoms with Crippen molar-refractivity contribution in [1.29, 1.82) is 0 Å². The second kappa shape index (κ2) is 11.6. The Labute approximate surface area is 219 Å². The number of esters is 1. The van der Waals surface area contributed by atoms with Crippen LogP contribution in [0.5, 0.6) is 5.75 Å². The summed E-state index contributed by atoms with van der Waals surface area (Å²) in [4.78, 5) is 19.6. The van der Waals surface area contributed by atoms with Gasteiger partial charge in [0, 0.05) is 38.8 Å². The summed E-state index contributed by atoms with van der Waals surface area (Å²) < 4.78 is 11.2. The summed E-state index contributed by atoms with van der Waals surface area (Å²) >= 11 is 0. The number of carbonyl (C=O) groups is 1. The van der Waals surface area contributed by atoms with E-state index in [9.17, 15) is 4.79 Å². The molecule has 1 aliphatic rings. The Morgan fingerprint density at radius 2 is 2.05 bits per heavy atom. The van der Waals surface area contributed by atoms with E-state index in [1.165, 1.54) is 16.1 Å². The minimum atomic E-state index is -0.236. The van der Waals surface area contributed by atoms with Crippen LogP contribution in [0.25, 0.3) is 0 Å². The van der Waals surface area contributed by atoms with Gasteiger partial charge in [0.25, 0.3) is 0 Å². The maximum atomic E-state index is 12.7. The van der Waals surface area contributed by atoms with Gasteiger partial charge in [0.05, 0.1) is 30.1 Å². The lowest BCUT2D eigenvalue weighted by Gasteiger charge is -2.25. The van der Waals surface area contributed by atoms with Crippen LogP contribution in [0.15, 0.2) is 48.7 Å². The quantitative estimate of drug-likeness (QED) is 0.205. The number of nitrogens with zero attached hydrogens (tertiary/aromatic N) is 3. The molecule has 8 heteroatoms. The fourth-order valence-corrected chi connectivity index (χ4v) is 4.91. The molecular formula is C29H37N5O3. The van der Waals surface area contributed by atoms with Crippen LogP contribution in [0.3, 0.4) is 0 Å². The van der Waals surface area contributed by atoms with Crippen molar-refractivity contribution >= 4 is 17.3 Å². The zero-order valence-corrected chi connectivity index (χ0v) is 22.2. The van der Waals surface area contributed by atoms with Crippen LogP contribution in [0.2, 0.25) is 0 Å². The number of anilines is 2. The van der Waals surface area contributed by atoms with Crippen LogP contribution in [-0.2, 0) is 22.6 Å². The molecule has 4 N–H and O–H groups in total. The lowest BCUT2D eigenvalue weighted by Crippen LogP contribution is -2.26. The standard InChI is InChI=1S/C29H37N5O3/c1-5-36-28(35)16-24(23-10-11-26(33(4)31)29(30)20(23)3)21-9-8-19(2)22(15-21)17-34-13-14-37-27-7-6-12-32-25(27)18-34/h6-12,15,24H,5,13-14,16-18,30-31H2,1-4H3/t24-/m1/s1. The second-order valence-corrected chi connectivity index (χ2v) is 9.58. The van der Waals surface area contributed by atoms with Gasteiger partial charge >= 0.3 is 5.97 Å². The number of nitrogen functional groups attached to an aromatic ring is 1. The van der Waals surface area contributed by atoms with E-state index in [2.05, 4.69) is 35.0 Å². The first-order valence-corrected chi connectivity index (χ1v) is 12.7. The number of hydrogen-bond donors (Lipinski definition) is 2. The summed E-state index contributed by atoms with van der Waals surface area (Å²) in [6, 6.07) is 14.2. The number of aromatic nitrogens is 1. The molecule has 196 valence electrons. The van der Waals surface area contributed by atoms with Gasteiger partial charge in [-0.15, -0.1) is 0 Å². The SMILES string of the molecule is CCOC(=O)C[C@H](c1ccc(C)c(CN2CCOc3cccnc3C2)c1)c1ccc(N(C)N)c(N)c1C. The van der Waals surface area contributed by atoms with E-state index < -0.39 is 0 Å². The monoisotopic (exact) mass is 503 g/mol. The van der Waals surface area contributed by atoms with Crippen molar-refractivity contribution in [2.24, 2.45) is 5.84 Å². The molecule has 0 unspecified atom stereocenters. The highest BCUT2D eigenvalue weighted by Crippen LogP contribution is 2.37.